The third-order valence-electron chi connectivity index (χ3n) is 4.59. The maximum absolute atomic E-state index is 12.3. The summed E-state index contributed by atoms with van der Waals surface area (Å²) in [5.74, 6) is 0.0146. The smallest absolute Gasteiger partial charge is 0.312 e. The molecule has 0 bridgehead atoms. The molecule has 0 aromatic heterocycles. The summed E-state index contributed by atoms with van der Waals surface area (Å²) in [5, 5.41) is 3.19. The fraction of sp³-hybridized carbons (Fsp3) is 0.867. The first-order chi connectivity index (χ1) is 9.39. The third-order valence-corrected chi connectivity index (χ3v) is 4.59. The first-order valence-electron chi connectivity index (χ1n) is 7.68. The summed E-state index contributed by atoms with van der Waals surface area (Å²) >= 11 is 0. The summed E-state index contributed by atoms with van der Waals surface area (Å²) in [5.41, 5.74) is 0.289. The van der Waals surface area contributed by atoms with Gasteiger partial charge in [0.25, 0.3) is 0 Å². The van der Waals surface area contributed by atoms with Gasteiger partial charge in [-0.25, -0.2) is 0 Å². The molecular weight excluding hydrogens is 254 g/mol. The van der Waals surface area contributed by atoms with Gasteiger partial charge in [0.2, 0.25) is 0 Å². The van der Waals surface area contributed by atoms with Crippen LogP contribution in [-0.4, -0.2) is 60.9 Å². The molecule has 5 nitrogen and oxygen atoms in total. The van der Waals surface area contributed by atoms with E-state index >= 15 is 0 Å². The van der Waals surface area contributed by atoms with E-state index < -0.39 is 0 Å². The molecule has 0 aromatic carbocycles. The maximum atomic E-state index is 12.3. The van der Waals surface area contributed by atoms with E-state index in [1.165, 1.54) is 0 Å². The van der Waals surface area contributed by atoms with Crippen molar-refractivity contribution in [1.29, 1.82) is 0 Å². The average molecular weight is 281 g/mol. The summed E-state index contributed by atoms with van der Waals surface area (Å²) in [4.78, 5) is 27.9. The Kier molecular flexibility index (Phi) is 4.68. The zero-order valence-corrected chi connectivity index (χ0v) is 12.9. The van der Waals surface area contributed by atoms with E-state index in [2.05, 4.69) is 26.1 Å². The van der Waals surface area contributed by atoms with Gasteiger partial charge >= 0.3 is 11.8 Å². The molecule has 1 N–H and O–H groups in total. The number of nitrogens with one attached hydrogen (secondary N) is 1. The van der Waals surface area contributed by atoms with Crippen molar-refractivity contribution in [2.45, 2.75) is 33.6 Å². The number of amides is 2. The van der Waals surface area contributed by atoms with Gasteiger partial charge in [0.1, 0.15) is 0 Å². The van der Waals surface area contributed by atoms with E-state index in [1.54, 1.807) is 9.80 Å². The van der Waals surface area contributed by atoms with Gasteiger partial charge in [-0.15, -0.1) is 0 Å². The van der Waals surface area contributed by atoms with E-state index in [9.17, 15) is 9.59 Å². The lowest BCUT2D eigenvalue weighted by atomic mass is 9.75. The molecule has 0 unspecified atom stereocenters. The Morgan fingerprint density at radius 3 is 1.80 bits per heavy atom. The summed E-state index contributed by atoms with van der Waals surface area (Å²) in [7, 11) is 0. The van der Waals surface area contributed by atoms with Crippen LogP contribution in [0.5, 0.6) is 0 Å². The Morgan fingerprint density at radius 2 is 1.35 bits per heavy atom. The van der Waals surface area contributed by atoms with Crippen molar-refractivity contribution < 1.29 is 9.59 Å². The molecule has 20 heavy (non-hydrogen) atoms. The van der Waals surface area contributed by atoms with Crippen molar-refractivity contribution in [2.75, 3.05) is 39.3 Å². The fourth-order valence-corrected chi connectivity index (χ4v) is 3.09. The summed E-state index contributed by atoms with van der Waals surface area (Å²) in [6.07, 6.45) is 2.01. The van der Waals surface area contributed by atoms with Crippen LogP contribution in [0.4, 0.5) is 0 Å². The van der Waals surface area contributed by atoms with Gasteiger partial charge in [0, 0.05) is 39.3 Å². The Bertz CT molecular complexity index is 362. The zero-order chi connectivity index (χ0) is 14.8. The van der Waals surface area contributed by atoms with E-state index in [0.29, 0.717) is 19.0 Å². The standard InChI is InChI=1S/C15H27N3O2/c1-15(2,3)12-4-8-17(9-5-12)13(19)14(20)18-10-6-16-7-11-18/h12,16H,4-11H2,1-3H3. The minimum Gasteiger partial charge on any atom is -0.334 e. The average Bonchev–Trinajstić information content (AvgIpc) is 2.46. The number of piperazine rings is 1. The van der Waals surface area contributed by atoms with Gasteiger partial charge in [-0.1, -0.05) is 20.8 Å². The number of carbonyl (C=O) groups excluding carboxylic acids is 2. The van der Waals surface area contributed by atoms with Gasteiger partial charge in [-0.3, -0.25) is 9.59 Å². The number of rotatable bonds is 0. The normalized spacial score (nSPS) is 21.9. The molecule has 2 fully saturated rings. The van der Waals surface area contributed by atoms with Gasteiger partial charge in [-0.05, 0) is 24.2 Å². The lowest BCUT2D eigenvalue weighted by Gasteiger charge is -2.39. The predicted octanol–water partition coefficient (Wildman–Crippen LogP) is 0.703. The topological polar surface area (TPSA) is 52.7 Å². The van der Waals surface area contributed by atoms with Crippen LogP contribution in [-0.2, 0) is 9.59 Å². The first-order valence-corrected chi connectivity index (χ1v) is 7.68. The maximum Gasteiger partial charge on any atom is 0.312 e. The van der Waals surface area contributed by atoms with Crippen LogP contribution in [0.2, 0.25) is 0 Å². The van der Waals surface area contributed by atoms with Crippen molar-refractivity contribution in [1.82, 2.24) is 15.1 Å². The van der Waals surface area contributed by atoms with Crippen molar-refractivity contribution in [3.8, 4) is 0 Å². The third kappa shape index (κ3) is 3.51. The summed E-state index contributed by atoms with van der Waals surface area (Å²) in [6, 6.07) is 0. The Hall–Kier alpha value is -1.10. The van der Waals surface area contributed by atoms with Crippen molar-refractivity contribution in [2.24, 2.45) is 11.3 Å². The van der Waals surface area contributed by atoms with Gasteiger partial charge in [-0.2, -0.15) is 0 Å². The minimum absolute atomic E-state index is 0.289. The number of piperidine rings is 1. The van der Waals surface area contributed by atoms with E-state index in [-0.39, 0.29) is 17.2 Å². The number of nitrogens with zero attached hydrogens (tertiary/aromatic N) is 2. The zero-order valence-electron chi connectivity index (χ0n) is 12.9. The molecule has 2 aliphatic rings. The monoisotopic (exact) mass is 281 g/mol. The lowest BCUT2D eigenvalue weighted by Crippen LogP contribution is -2.53. The molecule has 0 aromatic rings. The Balaban J connectivity index is 1.86. The number of hydrogen-bond donors (Lipinski definition) is 1. The molecule has 2 rings (SSSR count). The second-order valence-corrected chi connectivity index (χ2v) is 6.97. The van der Waals surface area contributed by atoms with Crippen LogP contribution < -0.4 is 5.32 Å². The molecule has 0 spiro atoms. The molecule has 0 radical (unpaired) electrons. The van der Waals surface area contributed by atoms with Gasteiger partial charge < -0.3 is 15.1 Å². The molecule has 2 aliphatic heterocycles. The van der Waals surface area contributed by atoms with Crippen LogP contribution in [0, 0.1) is 11.3 Å². The number of likely N-dealkylation sites (tertiary alicyclic amines) is 1. The van der Waals surface area contributed by atoms with Crippen molar-refractivity contribution >= 4 is 11.8 Å². The van der Waals surface area contributed by atoms with Crippen molar-refractivity contribution in [3.63, 3.8) is 0 Å². The highest BCUT2D eigenvalue weighted by atomic mass is 16.2. The van der Waals surface area contributed by atoms with Crippen molar-refractivity contribution in [3.05, 3.63) is 0 Å². The molecule has 2 amide bonds. The second-order valence-electron chi connectivity index (χ2n) is 6.97. The summed E-state index contributed by atoms with van der Waals surface area (Å²) in [6.45, 7) is 11.0. The highest BCUT2D eigenvalue weighted by molar-refractivity contribution is 6.34. The predicted molar refractivity (Wildman–Crippen MR) is 78.2 cm³/mol. The number of hydrogen-bond acceptors (Lipinski definition) is 3. The van der Waals surface area contributed by atoms with E-state index in [1.807, 2.05) is 0 Å². The highest BCUT2D eigenvalue weighted by Crippen LogP contribution is 2.34. The molecular formula is C15H27N3O2. The molecule has 0 aliphatic carbocycles. The summed E-state index contributed by atoms with van der Waals surface area (Å²) < 4.78 is 0. The first kappa shape index (κ1) is 15.3. The van der Waals surface area contributed by atoms with E-state index in [4.69, 9.17) is 0 Å². The lowest BCUT2D eigenvalue weighted by molar-refractivity contribution is -0.153. The Labute approximate surface area is 121 Å². The molecule has 2 heterocycles. The fourth-order valence-electron chi connectivity index (χ4n) is 3.09. The van der Waals surface area contributed by atoms with E-state index in [0.717, 1.165) is 39.0 Å². The highest BCUT2D eigenvalue weighted by Gasteiger charge is 2.33. The molecule has 5 heteroatoms. The molecule has 0 saturated carbocycles. The van der Waals surface area contributed by atoms with Gasteiger partial charge in [0.05, 0.1) is 0 Å². The molecule has 114 valence electrons. The quantitative estimate of drug-likeness (QED) is 0.665. The van der Waals surface area contributed by atoms with Crippen LogP contribution in [0.15, 0.2) is 0 Å². The second kappa shape index (κ2) is 6.12. The van der Waals surface area contributed by atoms with Gasteiger partial charge in [0.15, 0.2) is 0 Å². The minimum atomic E-state index is -0.319. The SMILES string of the molecule is CC(C)(C)C1CCN(C(=O)C(=O)N2CCNCC2)CC1. The van der Waals surface area contributed by atoms with Crippen LogP contribution >= 0.6 is 0 Å². The number of carbonyl (C=O) groups is 2. The van der Waals surface area contributed by atoms with Crippen LogP contribution in [0.3, 0.4) is 0 Å². The molecule has 2 saturated heterocycles. The molecule has 0 atom stereocenters. The largest absolute Gasteiger partial charge is 0.334 e. The van der Waals surface area contributed by atoms with Crippen LogP contribution in [0.1, 0.15) is 33.6 Å². The Morgan fingerprint density at radius 1 is 0.900 bits per heavy atom. The van der Waals surface area contributed by atoms with Crippen LogP contribution in [0.25, 0.3) is 0 Å².